The fourth-order valence-corrected chi connectivity index (χ4v) is 1.62. The lowest BCUT2D eigenvalue weighted by Crippen LogP contribution is -2.39. The van der Waals surface area contributed by atoms with E-state index in [9.17, 15) is 4.79 Å². The van der Waals surface area contributed by atoms with Gasteiger partial charge in [0.05, 0.1) is 6.54 Å². The summed E-state index contributed by atoms with van der Waals surface area (Å²) in [6.45, 7) is 12.6. The van der Waals surface area contributed by atoms with Crippen LogP contribution in [0.3, 0.4) is 0 Å². The summed E-state index contributed by atoms with van der Waals surface area (Å²) in [6.07, 6.45) is 3.56. The number of hydrogen-bond acceptors (Lipinski definition) is 2. The molecule has 0 fully saturated rings. The summed E-state index contributed by atoms with van der Waals surface area (Å²) in [5.74, 6) is 0.114. The largest absolute Gasteiger partial charge is 0.354 e. The van der Waals surface area contributed by atoms with Crippen LogP contribution in [0.2, 0.25) is 0 Å². The zero-order valence-electron chi connectivity index (χ0n) is 13.4. The van der Waals surface area contributed by atoms with Gasteiger partial charge in [-0.3, -0.25) is 4.79 Å². The van der Waals surface area contributed by atoms with Gasteiger partial charge in [-0.1, -0.05) is 41.0 Å². The molecule has 0 aliphatic carbocycles. The first-order valence-electron chi connectivity index (χ1n) is 6.99. The Labute approximate surface area is 113 Å². The normalized spacial score (nSPS) is 12.9. The molecule has 18 heavy (non-hydrogen) atoms. The molecule has 0 atom stereocenters. The van der Waals surface area contributed by atoms with E-state index in [2.05, 4.69) is 39.9 Å². The van der Waals surface area contributed by atoms with Crippen molar-refractivity contribution in [3.8, 4) is 0 Å². The van der Waals surface area contributed by atoms with Crippen LogP contribution < -0.4 is 5.32 Å². The van der Waals surface area contributed by atoms with Crippen molar-refractivity contribution in [3.05, 3.63) is 0 Å². The third kappa shape index (κ3) is 8.51. The molecule has 0 saturated carbocycles. The van der Waals surface area contributed by atoms with Gasteiger partial charge in [-0.25, -0.2) is 0 Å². The van der Waals surface area contributed by atoms with E-state index in [0.29, 0.717) is 12.0 Å². The highest BCUT2D eigenvalue weighted by molar-refractivity contribution is 5.77. The number of likely N-dealkylation sites (N-methyl/N-ethyl adjacent to an activating group) is 1. The van der Waals surface area contributed by atoms with Crippen molar-refractivity contribution in [1.82, 2.24) is 10.2 Å². The maximum atomic E-state index is 11.6. The van der Waals surface area contributed by atoms with Crippen LogP contribution in [0, 0.1) is 10.8 Å². The lowest BCUT2D eigenvalue weighted by atomic mass is 9.77. The van der Waals surface area contributed by atoms with Gasteiger partial charge in [-0.15, -0.1) is 0 Å². The van der Waals surface area contributed by atoms with Crippen LogP contribution in [0.25, 0.3) is 0 Å². The van der Waals surface area contributed by atoms with Gasteiger partial charge >= 0.3 is 0 Å². The highest BCUT2D eigenvalue weighted by Gasteiger charge is 2.23. The molecule has 108 valence electrons. The fourth-order valence-electron chi connectivity index (χ4n) is 1.62. The van der Waals surface area contributed by atoms with Crippen LogP contribution in [0.1, 0.15) is 53.9 Å². The topological polar surface area (TPSA) is 32.3 Å². The van der Waals surface area contributed by atoms with Gasteiger partial charge in [0.2, 0.25) is 5.91 Å². The number of carbonyl (C=O) groups excluding carboxylic acids is 1. The predicted molar refractivity (Wildman–Crippen MR) is 78.7 cm³/mol. The molecule has 0 aromatic carbocycles. The van der Waals surface area contributed by atoms with E-state index in [4.69, 9.17) is 0 Å². The minimum absolute atomic E-state index is 0.114. The quantitative estimate of drug-likeness (QED) is 0.724. The maximum absolute atomic E-state index is 11.6. The summed E-state index contributed by atoms with van der Waals surface area (Å²) in [4.78, 5) is 13.5. The van der Waals surface area contributed by atoms with Crippen LogP contribution in [0.15, 0.2) is 0 Å². The van der Waals surface area contributed by atoms with Crippen LogP contribution in [0.4, 0.5) is 0 Å². The molecule has 0 bridgehead atoms. The van der Waals surface area contributed by atoms with E-state index >= 15 is 0 Å². The predicted octanol–water partition coefficient (Wildman–Crippen LogP) is 2.91. The molecule has 0 aliphatic rings. The lowest BCUT2D eigenvalue weighted by Gasteiger charge is -2.30. The summed E-state index contributed by atoms with van der Waals surface area (Å²) in [6, 6.07) is 0. The summed E-state index contributed by atoms with van der Waals surface area (Å²) in [7, 11) is 3.82. The van der Waals surface area contributed by atoms with Gasteiger partial charge in [0.15, 0.2) is 0 Å². The summed E-state index contributed by atoms with van der Waals surface area (Å²) >= 11 is 0. The summed E-state index contributed by atoms with van der Waals surface area (Å²) < 4.78 is 0. The van der Waals surface area contributed by atoms with Crippen LogP contribution in [-0.2, 0) is 4.79 Å². The first kappa shape index (κ1) is 17.4. The first-order chi connectivity index (χ1) is 8.08. The third-order valence-electron chi connectivity index (χ3n) is 3.66. The smallest absolute Gasteiger partial charge is 0.234 e. The third-order valence-corrected chi connectivity index (χ3v) is 3.66. The van der Waals surface area contributed by atoms with E-state index < -0.39 is 0 Å². The van der Waals surface area contributed by atoms with E-state index in [-0.39, 0.29) is 11.3 Å². The Morgan fingerprint density at radius 3 is 2.00 bits per heavy atom. The monoisotopic (exact) mass is 256 g/mol. The number of nitrogens with one attached hydrogen (secondary N) is 1. The summed E-state index contributed by atoms with van der Waals surface area (Å²) in [5, 5.41) is 3.03. The minimum atomic E-state index is 0.114. The number of hydrogen-bond donors (Lipinski definition) is 1. The molecule has 0 heterocycles. The number of nitrogens with zero attached hydrogens (tertiary/aromatic N) is 1. The van der Waals surface area contributed by atoms with E-state index in [1.165, 1.54) is 12.8 Å². The Morgan fingerprint density at radius 2 is 1.56 bits per heavy atom. The molecule has 0 radical (unpaired) electrons. The van der Waals surface area contributed by atoms with Crippen LogP contribution >= 0.6 is 0 Å². The Balaban J connectivity index is 4.04. The van der Waals surface area contributed by atoms with Gasteiger partial charge in [0.25, 0.3) is 0 Å². The average Bonchev–Trinajstić information content (AvgIpc) is 2.24. The fraction of sp³-hybridized carbons (Fsp3) is 0.933. The molecule has 0 aliphatic heterocycles. The molecule has 0 unspecified atom stereocenters. The Bertz CT molecular complexity index is 257. The number of carbonyl (C=O) groups is 1. The van der Waals surface area contributed by atoms with Crippen molar-refractivity contribution < 1.29 is 4.79 Å². The zero-order chi connectivity index (χ0) is 14.4. The van der Waals surface area contributed by atoms with Gasteiger partial charge in [0, 0.05) is 6.54 Å². The van der Waals surface area contributed by atoms with Crippen molar-refractivity contribution in [2.75, 3.05) is 27.2 Å². The molecule has 0 aromatic rings. The van der Waals surface area contributed by atoms with Crippen LogP contribution in [0.5, 0.6) is 0 Å². The van der Waals surface area contributed by atoms with Crippen molar-refractivity contribution in [2.45, 2.75) is 53.9 Å². The van der Waals surface area contributed by atoms with Gasteiger partial charge in [-0.2, -0.15) is 0 Å². The molecule has 3 heteroatoms. The van der Waals surface area contributed by atoms with Crippen LogP contribution in [-0.4, -0.2) is 38.0 Å². The number of rotatable bonds is 8. The molecule has 0 aromatic heterocycles. The molecular formula is C15H32N2O. The molecule has 0 rings (SSSR count). The van der Waals surface area contributed by atoms with Crippen molar-refractivity contribution in [3.63, 3.8) is 0 Å². The highest BCUT2D eigenvalue weighted by atomic mass is 16.2. The Hall–Kier alpha value is -0.570. The second-order valence-electron chi connectivity index (χ2n) is 7.20. The maximum Gasteiger partial charge on any atom is 0.234 e. The van der Waals surface area contributed by atoms with E-state index in [1.54, 1.807) is 0 Å². The van der Waals surface area contributed by atoms with Gasteiger partial charge in [-0.05, 0) is 37.8 Å². The van der Waals surface area contributed by atoms with E-state index in [1.807, 2.05) is 19.0 Å². The Kier molecular flexibility index (Phi) is 6.90. The average molecular weight is 256 g/mol. The minimum Gasteiger partial charge on any atom is -0.354 e. The molecule has 1 N–H and O–H groups in total. The standard InChI is InChI=1S/C15H32N2O/c1-8-14(2,3)9-10-15(4,5)12-16-13(18)11-17(6)7/h8-12H2,1-7H3,(H,16,18). The summed E-state index contributed by atoms with van der Waals surface area (Å²) in [5.41, 5.74) is 0.583. The highest BCUT2D eigenvalue weighted by Crippen LogP contribution is 2.32. The Morgan fingerprint density at radius 1 is 1.06 bits per heavy atom. The lowest BCUT2D eigenvalue weighted by molar-refractivity contribution is -0.122. The molecular weight excluding hydrogens is 224 g/mol. The molecule has 3 nitrogen and oxygen atoms in total. The SMILES string of the molecule is CCC(C)(C)CCC(C)(C)CNC(=O)CN(C)C. The molecule has 1 amide bonds. The molecule has 0 spiro atoms. The van der Waals surface area contributed by atoms with Gasteiger partial charge < -0.3 is 10.2 Å². The zero-order valence-corrected chi connectivity index (χ0v) is 13.4. The second-order valence-corrected chi connectivity index (χ2v) is 7.20. The first-order valence-corrected chi connectivity index (χ1v) is 6.99. The van der Waals surface area contributed by atoms with Crippen molar-refractivity contribution in [2.24, 2.45) is 10.8 Å². The number of amides is 1. The van der Waals surface area contributed by atoms with Gasteiger partial charge in [0.1, 0.15) is 0 Å². The van der Waals surface area contributed by atoms with Crippen molar-refractivity contribution >= 4 is 5.91 Å². The van der Waals surface area contributed by atoms with Crippen molar-refractivity contribution in [1.29, 1.82) is 0 Å². The van der Waals surface area contributed by atoms with E-state index in [0.717, 1.165) is 13.0 Å². The second kappa shape index (κ2) is 7.13. The molecule has 0 saturated heterocycles.